The largest absolute Gasteiger partial charge is 0.386 e. The molecule has 0 unspecified atom stereocenters. The fourth-order valence-electron chi connectivity index (χ4n) is 0.320. The summed E-state index contributed by atoms with van der Waals surface area (Å²) in [6.45, 7) is 0. The van der Waals surface area contributed by atoms with Gasteiger partial charge in [-0.05, 0) is 0 Å². The number of alkyl halides is 2. The smallest absolute Gasteiger partial charge is 0.102 e. The molecule has 0 radical (unpaired) electrons. The lowest BCUT2D eigenvalue weighted by Gasteiger charge is -2.18. The molecular formula is C6H8Cl2O. The Morgan fingerprint density at radius 3 is 2.00 bits per heavy atom. The molecule has 0 rings (SSSR count). The summed E-state index contributed by atoms with van der Waals surface area (Å²) in [6, 6.07) is 0. The van der Waals surface area contributed by atoms with Crippen LogP contribution in [-0.4, -0.2) is 22.5 Å². The van der Waals surface area contributed by atoms with Crippen LogP contribution in [0.4, 0.5) is 0 Å². The standard InChI is InChI=1S/C6H8Cl2O/c1-2-3-6(9,4-7)5-8/h1,9H,3-5H2. The molecule has 0 fully saturated rings. The first-order chi connectivity index (χ1) is 4.18. The number of aliphatic hydroxyl groups is 1. The van der Waals surface area contributed by atoms with Crippen LogP contribution in [-0.2, 0) is 0 Å². The van der Waals surface area contributed by atoms with Crippen molar-refractivity contribution in [2.75, 3.05) is 11.8 Å². The van der Waals surface area contributed by atoms with Crippen LogP contribution in [0, 0.1) is 12.3 Å². The maximum Gasteiger partial charge on any atom is 0.102 e. The summed E-state index contributed by atoms with van der Waals surface area (Å²) in [5.41, 5.74) is -1.07. The molecule has 0 heterocycles. The van der Waals surface area contributed by atoms with Gasteiger partial charge < -0.3 is 5.11 Å². The average Bonchev–Trinajstić information content (AvgIpc) is 1.89. The first-order valence-corrected chi connectivity index (χ1v) is 3.53. The van der Waals surface area contributed by atoms with E-state index < -0.39 is 5.60 Å². The van der Waals surface area contributed by atoms with E-state index in [9.17, 15) is 5.11 Å². The lowest BCUT2D eigenvalue weighted by molar-refractivity contribution is 0.0936. The number of hydrogen-bond donors (Lipinski definition) is 1. The molecule has 52 valence electrons. The first kappa shape index (κ1) is 9.10. The van der Waals surface area contributed by atoms with Crippen molar-refractivity contribution >= 4 is 23.2 Å². The van der Waals surface area contributed by atoms with Gasteiger partial charge in [0.2, 0.25) is 0 Å². The van der Waals surface area contributed by atoms with Gasteiger partial charge in [0.15, 0.2) is 0 Å². The molecular weight excluding hydrogens is 159 g/mol. The second-order valence-corrected chi connectivity index (χ2v) is 2.41. The molecule has 0 aromatic carbocycles. The zero-order chi connectivity index (χ0) is 7.33. The Balaban J connectivity index is 3.80. The van der Waals surface area contributed by atoms with E-state index in [-0.39, 0.29) is 18.2 Å². The van der Waals surface area contributed by atoms with Gasteiger partial charge in [-0.25, -0.2) is 0 Å². The summed E-state index contributed by atoms with van der Waals surface area (Å²) in [5.74, 6) is 2.46. The zero-order valence-corrected chi connectivity index (χ0v) is 6.41. The monoisotopic (exact) mass is 166 g/mol. The van der Waals surface area contributed by atoms with Crippen LogP contribution in [0.2, 0.25) is 0 Å². The van der Waals surface area contributed by atoms with Crippen LogP contribution in [0.5, 0.6) is 0 Å². The minimum absolute atomic E-state index is 0.0840. The quantitative estimate of drug-likeness (QED) is 0.494. The van der Waals surface area contributed by atoms with Crippen molar-refractivity contribution < 1.29 is 5.11 Å². The average molecular weight is 167 g/mol. The molecule has 0 spiro atoms. The van der Waals surface area contributed by atoms with E-state index in [0.29, 0.717) is 0 Å². The highest BCUT2D eigenvalue weighted by atomic mass is 35.5. The van der Waals surface area contributed by atoms with E-state index in [1.807, 2.05) is 0 Å². The molecule has 9 heavy (non-hydrogen) atoms. The van der Waals surface area contributed by atoms with Crippen molar-refractivity contribution in [3.63, 3.8) is 0 Å². The molecule has 0 aromatic rings. The van der Waals surface area contributed by atoms with E-state index >= 15 is 0 Å². The van der Waals surface area contributed by atoms with Gasteiger partial charge in [0, 0.05) is 6.42 Å². The third-order valence-corrected chi connectivity index (χ3v) is 1.92. The Morgan fingerprint density at radius 1 is 1.44 bits per heavy atom. The van der Waals surface area contributed by atoms with Crippen molar-refractivity contribution in [1.82, 2.24) is 0 Å². The van der Waals surface area contributed by atoms with E-state index in [1.54, 1.807) is 0 Å². The lowest BCUT2D eigenvalue weighted by atomic mass is 10.1. The molecule has 0 bridgehead atoms. The summed E-state index contributed by atoms with van der Waals surface area (Å²) >= 11 is 10.7. The van der Waals surface area contributed by atoms with Gasteiger partial charge in [-0.2, -0.15) is 0 Å². The van der Waals surface area contributed by atoms with Gasteiger partial charge in [-0.1, -0.05) is 0 Å². The number of hydrogen-bond acceptors (Lipinski definition) is 1. The SMILES string of the molecule is C#CCC(O)(CCl)CCl. The minimum atomic E-state index is -1.07. The van der Waals surface area contributed by atoms with Crippen LogP contribution in [0.1, 0.15) is 6.42 Å². The van der Waals surface area contributed by atoms with Crippen LogP contribution in [0.3, 0.4) is 0 Å². The third kappa shape index (κ3) is 2.95. The molecule has 0 aliphatic rings. The van der Waals surface area contributed by atoms with Crippen LogP contribution < -0.4 is 0 Å². The van der Waals surface area contributed by atoms with Crippen LogP contribution >= 0.6 is 23.2 Å². The predicted octanol–water partition coefficient (Wildman–Crippen LogP) is 1.22. The van der Waals surface area contributed by atoms with Gasteiger partial charge in [0.05, 0.1) is 11.8 Å². The van der Waals surface area contributed by atoms with Crippen molar-refractivity contribution in [2.45, 2.75) is 12.0 Å². The molecule has 3 heteroatoms. The molecule has 0 atom stereocenters. The normalized spacial score (nSPS) is 10.9. The Bertz CT molecular complexity index is 113. The highest BCUT2D eigenvalue weighted by Crippen LogP contribution is 2.13. The Kier molecular flexibility index (Phi) is 4.05. The topological polar surface area (TPSA) is 20.2 Å². The van der Waals surface area contributed by atoms with Gasteiger partial charge in [-0.15, -0.1) is 35.5 Å². The van der Waals surface area contributed by atoms with Gasteiger partial charge >= 0.3 is 0 Å². The fourth-order valence-corrected chi connectivity index (χ4v) is 0.795. The summed E-state index contributed by atoms with van der Waals surface area (Å²) in [6.07, 6.45) is 5.15. The summed E-state index contributed by atoms with van der Waals surface area (Å²) in [5, 5.41) is 9.22. The van der Waals surface area contributed by atoms with E-state index in [2.05, 4.69) is 5.92 Å². The third-order valence-electron chi connectivity index (χ3n) is 0.929. The van der Waals surface area contributed by atoms with Gasteiger partial charge in [0.1, 0.15) is 5.60 Å². The number of halogens is 2. The minimum Gasteiger partial charge on any atom is -0.386 e. The Hall–Kier alpha value is 0.100. The second-order valence-electron chi connectivity index (χ2n) is 1.87. The second kappa shape index (κ2) is 4.00. The highest BCUT2D eigenvalue weighted by molar-refractivity contribution is 6.21. The molecule has 1 nitrogen and oxygen atoms in total. The Labute approximate surface area is 65.0 Å². The van der Waals surface area contributed by atoms with E-state index in [1.165, 1.54) is 0 Å². The van der Waals surface area contributed by atoms with Gasteiger partial charge in [0.25, 0.3) is 0 Å². The summed E-state index contributed by atoms with van der Waals surface area (Å²) in [4.78, 5) is 0. The molecule has 1 N–H and O–H groups in total. The van der Waals surface area contributed by atoms with Crippen molar-refractivity contribution in [1.29, 1.82) is 0 Å². The Morgan fingerprint density at radius 2 is 1.89 bits per heavy atom. The number of terminal acetylenes is 1. The van der Waals surface area contributed by atoms with E-state index in [4.69, 9.17) is 29.6 Å². The maximum absolute atomic E-state index is 9.22. The van der Waals surface area contributed by atoms with Crippen molar-refractivity contribution in [3.05, 3.63) is 0 Å². The van der Waals surface area contributed by atoms with Crippen molar-refractivity contribution in [3.8, 4) is 12.3 Å². The van der Waals surface area contributed by atoms with Crippen LogP contribution in [0.25, 0.3) is 0 Å². The summed E-state index contributed by atoms with van der Waals surface area (Å²) < 4.78 is 0. The van der Waals surface area contributed by atoms with Crippen LogP contribution in [0.15, 0.2) is 0 Å². The molecule has 0 amide bonds. The molecule has 0 saturated heterocycles. The summed E-state index contributed by atoms with van der Waals surface area (Å²) in [7, 11) is 0. The zero-order valence-electron chi connectivity index (χ0n) is 4.90. The lowest BCUT2D eigenvalue weighted by Crippen LogP contribution is -2.32. The predicted molar refractivity (Wildman–Crippen MR) is 39.8 cm³/mol. The van der Waals surface area contributed by atoms with E-state index in [0.717, 1.165) is 0 Å². The van der Waals surface area contributed by atoms with Crippen molar-refractivity contribution in [2.24, 2.45) is 0 Å². The molecule has 0 aliphatic carbocycles. The highest BCUT2D eigenvalue weighted by Gasteiger charge is 2.22. The molecule has 0 aliphatic heterocycles. The number of rotatable bonds is 3. The molecule has 0 saturated carbocycles. The first-order valence-electron chi connectivity index (χ1n) is 2.46. The van der Waals surface area contributed by atoms with Gasteiger partial charge in [-0.3, -0.25) is 0 Å². The molecule has 0 aromatic heterocycles. The maximum atomic E-state index is 9.22. The fraction of sp³-hybridized carbons (Fsp3) is 0.667.